The van der Waals surface area contributed by atoms with E-state index in [-0.39, 0.29) is 12.7 Å². The molecule has 0 unspecified atom stereocenters. The Morgan fingerprint density at radius 1 is 1.38 bits per heavy atom. The molecular weight excluding hydrogens is 344 g/mol. The Balaban J connectivity index is 1.76. The average Bonchev–Trinajstić information content (AvgIpc) is 2.97. The van der Waals surface area contributed by atoms with E-state index >= 15 is 0 Å². The summed E-state index contributed by atoms with van der Waals surface area (Å²) in [4.78, 5) is 44.6. The van der Waals surface area contributed by atoms with Crippen LogP contribution in [0, 0.1) is 0 Å². The molecule has 26 heavy (non-hydrogen) atoms. The summed E-state index contributed by atoms with van der Waals surface area (Å²) in [5.41, 5.74) is 1.01. The van der Waals surface area contributed by atoms with Crippen molar-refractivity contribution < 1.29 is 33.8 Å². The maximum absolute atomic E-state index is 11.8. The minimum absolute atomic E-state index is 0.0452. The highest BCUT2D eigenvalue weighted by molar-refractivity contribution is 5.87. The van der Waals surface area contributed by atoms with Crippen molar-refractivity contribution in [1.29, 1.82) is 0 Å². The summed E-state index contributed by atoms with van der Waals surface area (Å²) in [5, 5.41) is 13.1. The van der Waals surface area contributed by atoms with Crippen LogP contribution in [-0.2, 0) is 25.6 Å². The number of aliphatic carboxylic acids is 1. The van der Waals surface area contributed by atoms with Crippen molar-refractivity contribution in [2.45, 2.75) is 31.9 Å². The van der Waals surface area contributed by atoms with E-state index in [4.69, 9.17) is 14.6 Å². The van der Waals surface area contributed by atoms with Crippen LogP contribution in [0.4, 0.5) is 0 Å². The van der Waals surface area contributed by atoms with Crippen LogP contribution in [0.15, 0.2) is 18.2 Å². The summed E-state index contributed by atoms with van der Waals surface area (Å²) >= 11 is 0. The van der Waals surface area contributed by atoms with Crippen LogP contribution in [0.1, 0.15) is 18.9 Å². The van der Waals surface area contributed by atoms with Gasteiger partial charge in [-0.25, -0.2) is 0 Å². The lowest BCUT2D eigenvalue weighted by molar-refractivity contribution is -0.139. The quantitative estimate of drug-likeness (QED) is 0.511. The molecule has 2 atom stereocenters. The molecule has 1 aliphatic rings. The Labute approximate surface area is 149 Å². The van der Waals surface area contributed by atoms with Crippen molar-refractivity contribution in [3.8, 4) is 11.5 Å². The number of amides is 2. The molecule has 0 saturated carbocycles. The summed E-state index contributed by atoms with van der Waals surface area (Å²) in [5.74, 6) is -1.35. The van der Waals surface area contributed by atoms with Gasteiger partial charge in [0.2, 0.25) is 5.91 Å². The first-order chi connectivity index (χ1) is 12.4. The van der Waals surface area contributed by atoms with E-state index < -0.39 is 36.8 Å². The number of para-hydroxylation sites is 1. The number of nitrogens with one attached hydrogen (secondary N) is 2. The third-order valence-corrected chi connectivity index (χ3v) is 3.60. The van der Waals surface area contributed by atoms with E-state index in [9.17, 15) is 19.2 Å². The molecule has 1 aliphatic heterocycles. The number of carboxylic acids is 1. The third-order valence-electron chi connectivity index (χ3n) is 3.60. The largest absolute Gasteiger partial charge is 0.486 e. The number of benzene rings is 1. The number of carbonyl (C=O) groups is 4. The monoisotopic (exact) mass is 364 g/mol. The molecule has 3 N–H and O–H groups in total. The summed E-state index contributed by atoms with van der Waals surface area (Å²) in [6.07, 6.45) is 0.620. The predicted octanol–water partition coefficient (Wildman–Crippen LogP) is -0.337. The van der Waals surface area contributed by atoms with Crippen LogP contribution in [0.2, 0.25) is 0 Å². The summed E-state index contributed by atoms with van der Waals surface area (Å²) < 4.78 is 11.1. The first-order valence-corrected chi connectivity index (χ1v) is 8.03. The second-order valence-electron chi connectivity index (χ2n) is 5.85. The lowest BCUT2D eigenvalue weighted by atomic mass is 10.1. The Morgan fingerprint density at radius 3 is 2.85 bits per heavy atom. The standard InChI is InChI=1S/C17H20N2O7/c1-10-5-11-3-2-4-13(17(11)26-10)25-9-15(22)18-7-14(21)19-12(8-20)6-16(23)24/h2-4,8,10,12H,5-7,9H2,1H3,(H,18,22)(H,19,21)(H,23,24)/t10-,12-/m0/s1. The van der Waals surface area contributed by atoms with Crippen LogP contribution >= 0.6 is 0 Å². The molecule has 1 heterocycles. The van der Waals surface area contributed by atoms with Gasteiger partial charge in [-0.15, -0.1) is 0 Å². The van der Waals surface area contributed by atoms with Crippen molar-refractivity contribution in [2.75, 3.05) is 13.2 Å². The van der Waals surface area contributed by atoms with Gasteiger partial charge in [-0.2, -0.15) is 0 Å². The fourth-order valence-electron chi connectivity index (χ4n) is 2.47. The Bertz CT molecular complexity index is 704. The molecule has 0 saturated heterocycles. The van der Waals surface area contributed by atoms with Gasteiger partial charge in [0.05, 0.1) is 19.0 Å². The smallest absolute Gasteiger partial charge is 0.305 e. The van der Waals surface area contributed by atoms with Gasteiger partial charge in [0.15, 0.2) is 18.1 Å². The number of aldehydes is 1. The molecule has 2 amide bonds. The highest BCUT2D eigenvalue weighted by Crippen LogP contribution is 2.37. The van der Waals surface area contributed by atoms with Gasteiger partial charge in [0.1, 0.15) is 12.4 Å². The molecule has 0 aromatic heterocycles. The van der Waals surface area contributed by atoms with Gasteiger partial charge in [-0.1, -0.05) is 12.1 Å². The molecule has 9 heteroatoms. The van der Waals surface area contributed by atoms with Crippen molar-refractivity contribution in [2.24, 2.45) is 0 Å². The van der Waals surface area contributed by atoms with Gasteiger partial charge in [-0.05, 0) is 13.0 Å². The molecule has 140 valence electrons. The fraction of sp³-hybridized carbons (Fsp3) is 0.412. The highest BCUT2D eigenvalue weighted by Gasteiger charge is 2.23. The molecule has 1 aromatic rings. The average molecular weight is 364 g/mol. The van der Waals surface area contributed by atoms with E-state index in [0.717, 1.165) is 12.0 Å². The first-order valence-electron chi connectivity index (χ1n) is 8.03. The summed E-state index contributed by atoms with van der Waals surface area (Å²) in [7, 11) is 0. The molecule has 0 fully saturated rings. The zero-order valence-corrected chi connectivity index (χ0v) is 14.2. The van der Waals surface area contributed by atoms with Crippen LogP contribution in [0.25, 0.3) is 0 Å². The molecule has 2 rings (SSSR count). The third kappa shape index (κ3) is 5.47. The van der Waals surface area contributed by atoms with Crippen LogP contribution in [-0.4, -0.2) is 54.5 Å². The van der Waals surface area contributed by atoms with Gasteiger partial charge in [-0.3, -0.25) is 14.4 Å². The maximum atomic E-state index is 11.8. The zero-order chi connectivity index (χ0) is 19.1. The number of carboxylic acid groups (broad SMARTS) is 1. The number of hydrogen-bond acceptors (Lipinski definition) is 6. The molecule has 0 aliphatic carbocycles. The molecule has 0 bridgehead atoms. The van der Waals surface area contributed by atoms with Crippen LogP contribution in [0.3, 0.4) is 0 Å². The van der Waals surface area contributed by atoms with E-state index in [1.54, 1.807) is 6.07 Å². The fourth-order valence-corrected chi connectivity index (χ4v) is 2.47. The van der Waals surface area contributed by atoms with Gasteiger partial charge >= 0.3 is 5.97 Å². The summed E-state index contributed by atoms with van der Waals surface area (Å²) in [6, 6.07) is 4.29. The van der Waals surface area contributed by atoms with Crippen molar-refractivity contribution in [3.63, 3.8) is 0 Å². The van der Waals surface area contributed by atoms with Crippen molar-refractivity contribution >= 4 is 24.1 Å². The predicted molar refractivity (Wildman–Crippen MR) is 89.0 cm³/mol. The lowest BCUT2D eigenvalue weighted by Gasteiger charge is -2.12. The second kappa shape index (κ2) is 8.84. The number of hydrogen-bond donors (Lipinski definition) is 3. The molecule has 0 spiro atoms. The Kier molecular flexibility index (Phi) is 6.54. The molecule has 0 radical (unpaired) electrons. The molecular formula is C17H20N2O7. The lowest BCUT2D eigenvalue weighted by Crippen LogP contribution is -2.44. The van der Waals surface area contributed by atoms with E-state index in [0.29, 0.717) is 17.8 Å². The van der Waals surface area contributed by atoms with Crippen LogP contribution < -0.4 is 20.1 Å². The van der Waals surface area contributed by atoms with Crippen LogP contribution in [0.5, 0.6) is 11.5 Å². The van der Waals surface area contributed by atoms with Gasteiger partial charge in [0, 0.05) is 12.0 Å². The topological polar surface area (TPSA) is 131 Å². The van der Waals surface area contributed by atoms with E-state index in [1.165, 1.54) is 0 Å². The van der Waals surface area contributed by atoms with Gasteiger partial charge < -0.3 is 30.0 Å². The normalized spacial score (nSPS) is 16.0. The molecule has 1 aromatic carbocycles. The first kappa shape index (κ1) is 19.2. The number of fused-ring (bicyclic) bond motifs is 1. The van der Waals surface area contributed by atoms with Crippen molar-refractivity contribution in [1.82, 2.24) is 10.6 Å². The van der Waals surface area contributed by atoms with Crippen molar-refractivity contribution in [3.05, 3.63) is 23.8 Å². The second-order valence-corrected chi connectivity index (χ2v) is 5.85. The minimum Gasteiger partial charge on any atom is -0.486 e. The Morgan fingerprint density at radius 2 is 2.15 bits per heavy atom. The number of ether oxygens (including phenoxy) is 2. The van der Waals surface area contributed by atoms with E-state index in [2.05, 4.69) is 10.6 Å². The zero-order valence-electron chi connectivity index (χ0n) is 14.2. The minimum atomic E-state index is -1.22. The van der Waals surface area contributed by atoms with Gasteiger partial charge in [0.25, 0.3) is 5.91 Å². The Hall–Kier alpha value is -3.10. The number of rotatable bonds is 9. The highest BCUT2D eigenvalue weighted by atomic mass is 16.5. The number of carbonyl (C=O) groups excluding carboxylic acids is 3. The van der Waals surface area contributed by atoms with E-state index in [1.807, 2.05) is 19.1 Å². The summed E-state index contributed by atoms with van der Waals surface area (Å²) in [6.45, 7) is 1.23. The maximum Gasteiger partial charge on any atom is 0.305 e. The SMILES string of the molecule is C[C@H]1Cc2cccc(OCC(=O)NCC(=O)N[C@H](C=O)CC(=O)O)c2O1. The molecule has 9 nitrogen and oxygen atoms in total.